The van der Waals surface area contributed by atoms with Crippen LogP contribution >= 0.6 is 0 Å². The Hall–Kier alpha value is -4.04. The Morgan fingerprint density at radius 1 is 0.925 bits per heavy atom. The topological polar surface area (TPSA) is 92.3 Å². The lowest BCUT2D eigenvalue weighted by Crippen LogP contribution is -2.41. The minimum atomic E-state index is -0.507. The van der Waals surface area contributed by atoms with Crippen molar-refractivity contribution in [3.8, 4) is 23.0 Å². The van der Waals surface area contributed by atoms with Crippen LogP contribution in [0.25, 0.3) is 0 Å². The van der Waals surface area contributed by atoms with Gasteiger partial charge >= 0.3 is 11.9 Å². The molecule has 2 unspecified atom stereocenters. The van der Waals surface area contributed by atoms with Gasteiger partial charge in [0.2, 0.25) is 0 Å². The summed E-state index contributed by atoms with van der Waals surface area (Å²) in [7, 11) is 3.20. The Bertz CT molecular complexity index is 1270. The third-order valence-corrected chi connectivity index (χ3v) is 6.84. The van der Waals surface area contributed by atoms with E-state index >= 15 is 0 Å². The minimum absolute atomic E-state index is 0.251. The summed E-state index contributed by atoms with van der Waals surface area (Å²) in [5.41, 5.74) is 2.89. The minimum Gasteiger partial charge on any atom is -0.493 e. The molecule has 1 fully saturated rings. The fourth-order valence-electron chi connectivity index (χ4n) is 4.62. The van der Waals surface area contributed by atoms with Crippen molar-refractivity contribution in [1.29, 1.82) is 0 Å². The lowest BCUT2D eigenvalue weighted by atomic mass is 10.00. The van der Waals surface area contributed by atoms with Crippen molar-refractivity contribution in [3.63, 3.8) is 0 Å². The van der Waals surface area contributed by atoms with E-state index in [1.807, 2.05) is 49.4 Å². The number of ether oxygens (including phenoxy) is 5. The van der Waals surface area contributed by atoms with Crippen LogP contribution in [0, 0.1) is 6.92 Å². The van der Waals surface area contributed by atoms with Gasteiger partial charge in [0, 0.05) is 0 Å². The molecule has 0 spiro atoms. The van der Waals surface area contributed by atoms with Gasteiger partial charge in [0.1, 0.15) is 23.6 Å². The van der Waals surface area contributed by atoms with Crippen molar-refractivity contribution in [2.45, 2.75) is 51.2 Å². The zero-order valence-electron chi connectivity index (χ0n) is 23.3. The lowest BCUT2D eigenvalue weighted by molar-refractivity contribution is -0.153. The van der Waals surface area contributed by atoms with Gasteiger partial charge in [-0.05, 0) is 86.7 Å². The highest BCUT2D eigenvalue weighted by Crippen LogP contribution is 2.31. The van der Waals surface area contributed by atoms with E-state index in [2.05, 4.69) is 5.32 Å². The van der Waals surface area contributed by atoms with Gasteiger partial charge in [-0.3, -0.25) is 4.79 Å². The highest BCUT2D eigenvalue weighted by atomic mass is 16.6. The van der Waals surface area contributed by atoms with Gasteiger partial charge in [-0.15, -0.1) is 0 Å². The summed E-state index contributed by atoms with van der Waals surface area (Å²) in [6.07, 6.45) is 3.49. The average Bonchev–Trinajstić information content (AvgIpc) is 2.99. The molecular formula is C32H37NO7. The molecule has 8 nitrogen and oxygen atoms in total. The number of benzene rings is 3. The number of carbonyl (C=O) groups excluding carboxylic acids is 2. The van der Waals surface area contributed by atoms with E-state index in [0.717, 1.165) is 42.5 Å². The van der Waals surface area contributed by atoms with Crippen LogP contribution in [0.5, 0.6) is 23.0 Å². The third-order valence-electron chi connectivity index (χ3n) is 6.84. The van der Waals surface area contributed by atoms with Gasteiger partial charge in [0.25, 0.3) is 0 Å². The molecule has 0 radical (unpaired) electrons. The maximum absolute atomic E-state index is 13.1. The first kappa shape index (κ1) is 29.0. The normalized spacial score (nSPS) is 15.5. The summed E-state index contributed by atoms with van der Waals surface area (Å²) in [6, 6.07) is 20.0. The van der Waals surface area contributed by atoms with E-state index in [9.17, 15) is 9.59 Å². The van der Waals surface area contributed by atoms with E-state index < -0.39 is 12.1 Å². The first-order chi connectivity index (χ1) is 19.4. The van der Waals surface area contributed by atoms with Crippen LogP contribution in [0.2, 0.25) is 0 Å². The predicted molar refractivity (Wildman–Crippen MR) is 151 cm³/mol. The maximum atomic E-state index is 13.1. The standard InChI is InChI=1S/C32H37NO7/c1-22-10-14-25(15-11-22)39-31(34)21-38-26-8-6-7-24(20-26)28(40-32(35)27-9-4-5-18-33-27)16-12-23-13-17-29(36-2)30(19-23)37-3/h6-8,10-11,13-15,17,19-20,27-28,33H,4-5,9,12,16,18,21H2,1-3H3. The number of aryl methyl sites for hydroxylation is 2. The molecule has 0 aromatic heterocycles. The summed E-state index contributed by atoms with van der Waals surface area (Å²) in [5.74, 6) is 1.49. The molecule has 0 bridgehead atoms. The SMILES string of the molecule is COc1ccc(CCC(OC(=O)C2CCCCN2)c2cccc(OCC(=O)Oc3ccc(C)cc3)c2)cc1OC. The summed E-state index contributed by atoms with van der Waals surface area (Å²) in [4.78, 5) is 25.4. The number of hydrogen-bond acceptors (Lipinski definition) is 8. The summed E-state index contributed by atoms with van der Waals surface area (Å²) in [5, 5.41) is 3.26. The predicted octanol–water partition coefficient (Wildman–Crippen LogP) is 5.36. The van der Waals surface area contributed by atoms with Crippen LogP contribution < -0.4 is 24.3 Å². The molecule has 8 heteroatoms. The molecule has 1 saturated heterocycles. The first-order valence-corrected chi connectivity index (χ1v) is 13.6. The largest absolute Gasteiger partial charge is 0.493 e. The molecule has 3 aromatic carbocycles. The average molecular weight is 548 g/mol. The van der Waals surface area contributed by atoms with Crippen molar-refractivity contribution >= 4 is 11.9 Å². The second-order valence-electron chi connectivity index (χ2n) is 9.80. The molecule has 212 valence electrons. The van der Waals surface area contributed by atoms with Gasteiger partial charge in [-0.1, -0.05) is 42.3 Å². The second kappa shape index (κ2) is 14.4. The van der Waals surface area contributed by atoms with E-state index in [-0.39, 0.29) is 18.6 Å². The Morgan fingerprint density at radius 2 is 1.73 bits per heavy atom. The zero-order chi connectivity index (χ0) is 28.3. The number of carbonyl (C=O) groups is 2. The molecule has 40 heavy (non-hydrogen) atoms. The molecule has 0 aliphatic carbocycles. The van der Waals surface area contributed by atoms with Crippen LogP contribution in [0.15, 0.2) is 66.7 Å². The Kier molecular flexibility index (Phi) is 10.4. The van der Waals surface area contributed by atoms with E-state index in [4.69, 9.17) is 23.7 Å². The highest BCUT2D eigenvalue weighted by Gasteiger charge is 2.26. The van der Waals surface area contributed by atoms with Gasteiger partial charge in [0.15, 0.2) is 18.1 Å². The Morgan fingerprint density at radius 3 is 2.45 bits per heavy atom. The van der Waals surface area contributed by atoms with Gasteiger partial charge in [-0.2, -0.15) is 0 Å². The van der Waals surface area contributed by atoms with Crippen molar-refractivity contribution in [2.24, 2.45) is 0 Å². The van der Waals surface area contributed by atoms with Gasteiger partial charge in [0.05, 0.1) is 14.2 Å². The molecule has 3 aromatic rings. The summed E-state index contributed by atoms with van der Waals surface area (Å²) < 4.78 is 27.9. The molecule has 1 aliphatic rings. The monoisotopic (exact) mass is 547 g/mol. The Balaban J connectivity index is 1.45. The van der Waals surface area contributed by atoms with Gasteiger partial charge < -0.3 is 29.0 Å². The zero-order valence-corrected chi connectivity index (χ0v) is 23.3. The van der Waals surface area contributed by atoms with Crippen LogP contribution in [0.4, 0.5) is 0 Å². The highest BCUT2D eigenvalue weighted by molar-refractivity contribution is 5.76. The van der Waals surface area contributed by atoms with Crippen LogP contribution in [-0.2, 0) is 20.7 Å². The molecule has 0 amide bonds. The molecule has 4 rings (SSSR count). The van der Waals surface area contributed by atoms with Gasteiger partial charge in [-0.25, -0.2) is 4.79 Å². The Labute approximate surface area is 235 Å². The van der Waals surface area contributed by atoms with E-state index in [1.165, 1.54) is 0 Å². The second-order valence-corrected chi connectivity index (χ2v) is 9.80. The third kappa shape index (κ3) is 8.23. The van der Waals surface area contributed by atoms with Crippen LogP contribution in [-0.4, -0.2) is 45.4 Å². The first-order valence-electron chi connectivity index (χ1n) is 13.6. The summed E-state index contributed by atoms with van der Waals surface area (Å²) in [6.45, 7) is 2.52. The number of rotatable bonds is 12. The fraction of sp³-hybridized carbons (Fsp3) is 0.375. The molecule has 1 heterocycles. The number of piperidine rings is 1. The van der Waals surface area contributed by atoms with Crippen molar-refractivity contribution < 1.29 is 33.3 Å². The summed E-state index contributed by atoms with van der Waals surface area (Å²) >= 11 is 0. The molecule has 1 N–H and O–H groups in total. The van der Waals surface area contributed by atoms with Crippen LogP contribution in [0.3, 0.4) is 0 Å². The van der Waals surface area contributed by atoms with Crippen molar-refractivity contribution in [3.05, 3.63) is 83.4 Å². The smallest absolute Gasteiger partial charge is 0.349 e. The quantitative estimate of drug-likeness (QED) is 0.240. The van der Waals surface area contributed by atoms with Crippen LogP contribution in [0.1, 0.15) is 48.5 Å². The molecule has 2 atom stereocenters. The van der Waals surface area contributed by atoms with E-state index in [1.54, 1.807) is 38.5 Å². The number of methoxy groups -OCH3 is 2. The fourth-order valence-corrected chi connectivity index (χ4v) is 4.62. The number of hydrogen-bond donors (Lipinski definition) is 1. The van der Waals surface area contributed by atoms with Crippen molar-refractivity contribution in [1.82, 2.24) is 5.32 Å². The molecule has 0 saturated carbocycles. The number of esters is 2. The lowest BCUT2D eigenvalue weighted by Gasteiger charge is -2.25. The maximum Gasteiger partial charge on any atom is 0.349 e. The number of nitrogens with one attached hydrogen (secondary N) is 1. The van der Waals surface area contributed by atoms with E-state index in [0.29, 0.717) is 35.8 Å². The van der Waals surface area contributed by atoms with Crippen molar-refractivity contribution in [2.75, 3.05) is 27.4 Å². The molecular weight excluding hydrogens is 510 g/mol. The molecule has 1 aliphatic heterocycles.